The second kappa shape index (κ2) is 6.30. The van der Waals surface area contributed by atoms with E-state index in [1.165, 1.54) is 0 Å². The maximum absolute atomic E-state index is 12.0. The number of hydrogen-bond acceptors (Lipinski definition) is 5. The molecule has 0 aliphatic carbocycles. The van der Waals surface area contributed by atoms with Gasteiger partial charge in [0.05, 0.1) is 0 Å². The van der Waals surface area contributed by atoms with Crippen LogP contribution in [0.15, 0.2) is 59.6 Å². The van der Waals surface area contributed by atoms with Gasteiger partial charge in [-0.2, -0.15) is 0 Å². The fraction of sp³-hybridized carbons (Fsp3) is 0.176. The molecule has 2 aromatic carbocycles. The van der Waals surface area contributed by atoms with Crippen LogP contribution < -0.4 is 5.73 Å². The third kappa shape index (κ3) is 3.25. The minimum atomic E-state index is -0.615. The number of aliphatic imine (C=N–C) groups is 1. The maximum Gasteiger partial charge on any atom is 0.334 e. The highest BCUT2D eigenvalue weighted by molar-refractivity contribution is 5.97. The number of hydrogen-bond donors (Lipinski definition) is 1. The Morgan fingerprint density at radius 3 is 2.64 bits per heavy atom. The molecular formula is C17H16N2O3. The average Bonchev–Trinajstić information content (AvgIpc) is 3.04. The molecule has 0 bridgehead atoms. The lowest BCUT2D eigenvalue weighted by molar-refractivity contribution is -0.146. The summed E-state index contributed by atoms with van der Waals surface area (Å²) in [6.07, 6.45) is 0. The van der Waals surface area contributed by atoms with Gasteiger partial charge in [-0.15, -0.1) is 0 Å². The molecule has 112 valence electrons. The minimum Gasteiger partial charge on any atom is -0.475 e. The van der Waals surface area contributed by atoms with Crippen molar-refractivity contribution >= 4 is 17.6 Å². The van der Waals surface area contributed by atoms with Crippen LogP contribution in [0.25, 0.3) is 0 Å². The molecule has 2 N–H and O–H groups in total. The molecule has 22 heavy (non-hydrogen) atoms. The van der Waals surface area contributed by atoms with E-state index in [0.717, 1.165) is 11.1 Å². The number of esters is 1. The number of benzene rings is 2. The van der Waals surface area contributed by atoms with E-state index in [2.05, 4.69) is 4.99 Å². The van der Waals surface area contributed by atoms with Crippen LogP contribution in [-0.2, 0) is 20.9 Å². The van der Waals surface area contributed by atoms with Crippen LogP contribution >= 0.6 is 0 Å². The summed E-state index contributed by atoms with van der Waals surface area (Å²) in [6, 6.07) is 16.1. The highest BCUT2D eigenvalue weighted by Gasteiger charge is 2.27. The summed E-state index contributed by atoms with van der Waals surface area (Å²) in [5.74, 6) is 0.0657. The first-order valence-corrected chi connectivity index (χ1v) is 6.99. The molecule has 0 radical (unpaired) electrons. The van der Waals surface area contributed by atoms with E-state index in [4.69, 9.17) is 15.2 Å². The Kier molecular flexibility index (Phi) is 4.05. The van der Waals surface area contributed by atoms with Crippen molar-refractivity contribution in [2.75, 3.05) is 12.3 Å². The summed E-state index contributed by atoms with van der Waals surface area (Å²) in [5.41, 5.74) is 8.05. The number of carbonyl (C=O) groups excluding carboxylic acids is 1. The van der Waals surface area contributed by atoms with Gasteiger partial charge in [0.2, 0.25) is 5.90 Å². The van der Waals surface area contributed by atoms with Crippen molar-refractivity contribution < 1.29 is 14.3 Å². The Morgan fingerprint density at radius 2 is 1.91 bits per heavy atom. The first-order chi connectivity index (χ1) is 10.7. The fourth-order valence-corrected chi connectivity index (χ4v) is 2.10. The zero-order valence-corrected chi connectivity index (χ0v) is 11.9. The third-order valence-electron chi connectivity index (χ3n) is 3.30. The molecule has 0 unspecified atom stereocenters. The molecule has 3 rings (SSSR count). The van der Waals surface area contributed by atoms with Crippen LogP contribution in [-0.4, -0.2) is 24.5 Å². The van der Waals surface area contributed by atoms with Gasteiger partial charge in [0, 0.05) is 11.3 Å². The number of carbonyl (C=O) groups is 1. The van der Waals surface area contributed by atoms with Gasteiger partial charge in [-0.05, 0) is 29.8 Å². The predicted molar refractivity (Wildman–Crippen MR) is 83.4 cm³/mol. The second-order valence-electron chi connectivity index (χ2n) is 4.98. The van der Waals surface area contributed by atoms with Crippen molar-refractivity contribution in [3.8, 4) is 0 Å². The number of nitrogens with two attached hydrogens (primary N) is 1. The van der Waals surface area contributed by atoms with Gasteiger partial charge in [0.1, 0.15) is 13.2 Å². The Labute approximate surface area is 128 Å². The van der Waals surface area contributed by atoms with E-state index in [1.807, 2.05) is 42.5 Å². The highest BCUT2D eigenvalue weighted by Crippen LogP contribution is 2.15. The number of anilines is 1. The Hall–Kier alpha value is -2.82. The van der Waals surface area contributed by atoms with Crippen molar-refractivity contribution in [3.63, 3.8) is 0 Å². The lowest BCUT2D eigenvalue weighted by atomic mass is 10.2. The van der Waals surface area contributed by atoms with Gasteiger partial charge in [0.25, 0.3) is 0 Å². The summed E-state index contributed by atoms with van der Waals surface area (Å²) < 4.78 is 10.7. The lowest BCUT2D eigenvalue weighted by Crippen LogP contribution is -2.22. The molecule has 0 amide bonds. The van der Waals surface area contributed by atoms with E-state index >= 15 is 0 Å². The molecule has 0 saturated heterocycles. The van der Waals surface area contributed by atoms with Gasteiger partial charge in [-0.1, -0.05) is 30.3 Å². The summed E-state index contributed by atoms with van der Waals surface area (Å²) in [4.78, 5) is 16.3. The first kappa shape index (κ1) is 14.1. The number of ether oxygens (including phenoxy) is 2. The smallest absolute Gasteiger partial charge is 0.334 e. The largest absolute Gasteiger partial charge is 0.475 e. The zero-order chi connectivity index (χ0) is 15.4. The molecule has 1 aliphatic rings. The quantitative estimate of drug-likeness (QED) is 0.693. The van der Waals surface area contributed by atoms with Crippen molar-refractivity contribution in [1.29, 1.82) is 0 Å². The number of nitrogens with zero attached hydrogens (tertiary/aromatic N) is 1. The molecule has 0 fully saturated rings. The maximum atomic E-state index is 12.0. The third-order valence-corrected chi connectivity index (χ3v) is 3.30. The molecule has 2 aromatic rings. The molecule has 1 atom stereocenters. The van der Waals surface area contributed by atoms with Crippen LogP contribution in [0.1, 0.15) is 11.1 Å². The summed E-state index contributed by atoms with van der Waals surface area (Å²) in [5, 5.41) is 0. The lowest BCUT2D eigenvalue weighted by Gasteiger charge is -2.06. The Balaban J connectivity index is 1.61. The number of rotatable bonds is 4. The highest BCUT2D eigenvalue weighted by atomic mass is 16.5. The molecule has 1 aliphatic heterocycles. The molecule has 0 aromatic heterocycles. The summed E-state index contributed by atoms with van der Waals surface area (Å²) >= 11 is 0. The Bertz CT molecular complexity index is 681. The van der Waals surface area contributed by atoms with E-state index in [0.29, 0.717) is 11.6 Å². The monoisotopic (exact) mass is 296 g/mol. The molecule has 5 heteroatoms. The van der Waals surface area contributed by atoms with E-state index < -0.39 is 6.04 Å². The van der Waals surface area contributed by atoms with Crippen molar-refractivity contribution in [2.45, 2.75) is 12.6 Å². The standard InChI is InChI=1S/C17H16N2O3/c18-14-8-6-13(7-9-14)16-19-15(11-21-16)17(20)22-10-12-4-2-1-3-5-12/h1-9,15H,10-11,18H2/t15-/m0/s1. The first-order valence-electron chi connectivity index (χ1n) is 6.99. The van der Waals surface area contributed by atoms with Crippen LogP contribution in [0.3, 0.4) is 0 Å². The molecule has 0 spiro atoms. The fourth-order valence-electron chi connectivity index (χ4n) is 2.10. The van der Waals surface area contributed by atoms with Gasteiger partial charge < -0.3 is 15.2 Å². The van der Waals surface area contributed by atoms with Crippen LogP contribution in [0.5, 0.6) is 0 Å². The van der Waals surface area contributed by atoms with Gasteiger partial charge in [-0.25, -0.2) is 9.79 Å². The number of nitrogen functional groups attached to an aromatic ring is 1. The van der Waals surface area contributed by atoms with Crippen molar-refractivity contribution in [2.24, 2.45) is 4.99 Å². The predicted octanol–water partition coefficient (Wildman–Crippen LogP) is 2.16. The molecular weight excluding hydrogens is 280 g/mol. The molecule has 0 saturated carbocycles. The topological polar surface area (TPSA) is 73.9 Å². The minimum absolute atomic E-state index is 0.202. The Morgan fingerprint density at radius 1 is 1.18 bits per heavy atom. The van der Waals surface area contributed by atoms with E-state index in [9.17, 15) is 4.79 Å². The van der Waals surface area contributed by atoms with E-state index in [-0.39, 0.29) is 19.2 Å². The van der Waals surface area contributed by atoms with Gasteiger partial charge in [0.15, 0.2) is 6.04 Å². The van der Waals surface area contributed by atoms with Crippen molar-refractivity contribution in [3.05, 3.63) is 65.7 Å². The van der Waals surface area contributed by atoms with Crippen molar-refractivity contribution in [1.82, 2.24) is 0 Å². The zero-order valence-electron chi connectivity index (χ0n) is 11.9. The molecule has 5 nitrogen and oxygen atoms in total. The van der Waals surface area contributed by atoms with Crippen LogP contribution in [0.4, 0.5) is 5.69 Å². The molecule has 1 heterocycles. The van der Waals surface area contributed by atoms with Gasteiger partial charge >= 0.3 is 5.97 Å². The second-order valence-corrected chi connectivity index (χ2v) is 4.98. The van der Waals surface area contributed by atoms with Crippen LogP contribution in [0, 0.1) is 0 Å². The summed E-state index contributed by atoms with van der Waals surface area (Å²) in [7, 11) is 0. The summed E-state index contributed by atoms with van der Waals surface area (Å²) in [6.45, 7) is 0.441. The van der Waals surface area contributed by atoms with Gasteiger partial charge in [-0.3, -0.25) is 0 Å². The average molecular weight is 296 g/mol. The van der Waals surface area contributed by atoms with Crippen LogP contribution in [0.2, 0.25) is 0 Å². The van der Waals surface area contributed by atoms with E-state index in [1.54, 1.807) is 12.1 Å². The SMILES string of the molecule is Nc1ccc(C2=N[C@H](C(=O)OCc3ccccc3)CO2)cc1. The normalized spacial score (nSPS) is 16.7.